The van der Waals surface area contributed by atoms with Crippen LogP contribution in [-0.2, 0) is 14.2 Å². The van der Waals surface area contributed by atoms with Crippen LogP contribution in [0.5, 0.6) is 0 Å². The van der Waals surface area contributed by atoms with Crippen molar-refractivity contribution in [3.8, 4) is 0 Å². The number of benzene rings is 1. The first kappa shape index (κ1) is 29.4. The fraction of sp³-hybridized carbons (Fsp3) is 0.692. The number of methoxy groups -OCH3 is 1. The van der Waals surface area contributed by atoms with Crippen LogP contribution in [0.3, 0.4) is 0 Å². The molecular weight excluding hydrogens is 498 g/mol. The molecule has 0 aromatic heterocycles. The Morgan fingerprint density at radius 3 is 2.86 bits per heavy atom. The number of ether oxygens (including phenoxy) is 3. The maximum absolute atomic E-state index is 13.2. The number of urea groups is 1. The first-order chi connectivity index (χ1) is 17.8. The van der Waals surface area contributed by atoms with Crippen molar-refractivity contribution in [1.82, 2.24) is 20.9 Å². The topological polar surface area (TPSA) is 127 Å². The van der Waals surface area contributed by atoms with E-state index in [9.17, 15) is 9.59 Å². The Kier molecular flexibility index (Phi) is 11.7. The van der Waals surface area contributed by atoms with E-state index in [0.717, 1.165) is 44.5 Å². The number of piperidine rings is 1. The van der Waals surface area contributed by atoms with Gasteiger partial charge in [-0.25, -0.2) is 9.59 Å². The Bertz CT molecular complexity index is 872. The van der Waals surface area contributed by atoms with Gasteiger partial charge in [-0.3, -0.25) is 0 Å². The molecule has 1 aromatic rings. The zero-order valence-electron chi connectivity index (χ0n) is 22.0. The molecule has 2 aliphatic rings. The number of nitrogens with one attached hydrogen (secondary N) is 3. The second kappa shape index (κ2) is 14.7. The van der Waals surface area contributed by atoms with Crippen molar-refractivity contribution in [3.63, 3.8) is 0 Å². The van der Waals surface area contributed by atoms with Crippen LogP contribution in [0, 0.1) is 5.92 Å². The molecule has 37 heavy (non-hydrogen) atoms. The quantitative estimate of drug-likeness (QED) is 0.318. The van der Waals surface area contributed by atoms with Crippen LogP contribution < -0.4 is 21.7 Å². The van der Waals surface area contributed by atoms with Crippen molar-refractivity contribution in [2.24, 2.45) is 11.7 Å². The van der Waals surface area contributed by atoms with E-state index < -0.39 is 17.7 Å². The van der Waals surface area contributed by atoms with Crippen molar-refractivity contribution < 1.29 is 23.8 Å². The van der Waals surface area contributed by atoms with Gasteiger partial charge in [0.25, 0.3) is 0 Å². The van der Waals surface area contributed by atoms with Gasteiger partial charge >= 0.3 is 12.1 Å². The van der Waals surface area contributed by atoms with Crippen molar-refractivity contribution in [2.45, 2.75) is 49.8 Å². The van der Waals surface area contributed by atoms with Gasteiger partial charge in [-0.15, -0.1) is 0 Å². The molecule has 2 saturated heterocycles. The Balaban J connectivity index is 1.62. The number of amides is 3. The number of halogens is 1. The largest absolute Gasteiger partial charge is 0.453 e. The number of likely N-dealkylation sites (N-methyl/N-ethyl adjacent to an activating group) is 1. The smallest absolute Gasteiger partial charge is 0.406 e. The highest BCUT2D eigenvalue weighted by atomic mass is 35.5. The Hall–Kier alpha value is -2.11. The van der Waals surface area contributed by atoms with E-state index in [0.29, 0.717) is 37.0 Å². The molecule has 5 N–H and O–H groups in total. The lowest BCUT2D eigenvalue weighted by Crippen LogP contribution is -2.61. The third kappa shape index (κ3) is 9.00. The number of nitrogens with zero attached hydrogens (tertiary/aromatic N) is 1. The van der Waals surface area contributed by atoms with E-state index in [2.05, 4.69) is 20.7 Å². The first-order valence-electron chi connectivity index (χ1n) is 13.1. The van der Waals surface area contributed by atoms with Gasteiger partial charge in [-0.05, 0) is 62.8 Å². The van der Waals surface area contributed by atoms with Gasteiger partial charge in [0.2, 0.25) is 0 Å². The standard InChI is InChI=1S/C26H42ClN5O5/c1-29-22(14-19-6-4-12-36-17-19)16-31-24(33)32-11-5-9-26(28,18-32)23(20-7-3-8-21(27)15-20)37-13-10-30-25(34)35-2/h3,7-8,15,19,22-23,29H,4-6,9-14,16-18,28H2,1-2H3,(H,30,34)(H,31,33)/t19-,22+,23+,26+/m1/s1. The molecule has 0 radical (unpaired) electrons. The number of alkyl carbamates (subject to hydrolysis) is 1. The minimum absolute atomic E-state index is 0.133. The van der Waals surface area contributed by atoms with Crippen LogP contribution in [0.15, 0.2) is 24.3 Å². The molecular formula is C26H42ClN5O5. The lowest BCUT2D eigenvalue weighted by Gasteiger charge is -2.45. The van der Waals surface area contributed by atoms with Crippen LogP contribution in [-0.4, -0.2) is 88.8 Å². The Labute approximate surface area is 224 Å². The lowest BCUT2D eigenvalue weighted by atomic mass is 9.81. The minimum Gasteiger partial charge on any atom is -0.453 e. The molecule has 11 heteroatoms. The zero-order valence-corrected chi connectivity index (χ0v) is 22.7. The fourth-order valence-corrected chi connectivity index (χ4v) is 5.39. The number of rotatable bonds is 11. The van der Waals surface area contributed by atoms with Crippen LogP contribution in [0.25, 0.3) is 0 Å². The van der Waals surface area contributed by atoms with Crippen LogP contribution in [0.4, 0.5) is 9.59 Å². The van der Waals surface area contributed by atoms with Gasteiger partial charge in [-0.2, -0.15) is 0 Å². The maximum Gasteiger partial charge on any atom is 0.406 e. The van der Waals surface area contributed by atoms with Gasteiger partial charge in [0, 0.05) is 50.5 Å². The second-order valence-electron chi connectivity index (χ2n) is 9.97. The van der Waals surface area contributed by atoms with Gasteiger partial charge in [0.1, 0.15) is 6.10 Å². The maximum atomic E-state index is 13.2. The van der Waals surface area contributed by atoms with E-state index in [1.54, 1.807) is 11.0 Å². The molecule has 3 rings (SSSR count). The average molecular weight is 540 g/mol. The summed E-state index contributed by atoms with van der Waals surface area (Å²) in [4.78, 5) is 26.3. The van der Waals surface area contributed by atoms with Crippen molar-refractivity contribution in [1.29, 1.82) is 0 Å². The number of hydrogen-bond donors (Lipinski definition) is 4. The molecule has 0 bridgehead atoms. The summed E-state index contributed by atoms with van der Waals surface area (Å²) in [7, 11) is 3.24. The highest BCUT2D eigenvalue weighted by molar-refractivity contribution is 6.30. The molecule has 0 spiro atoms. The summed E-state index contributed by atoms with van der Waals surface area (Å²) in [6.07, 6.45) is 3.60. The van der Waals surface area contributed by atoms with E-state index in [4.69, 9.17) is 26.8 Å². The summed E-state index contributed by atoms with van der Waals surface area (Å²) in [5.74, 6) is 0.513. The van der Waals surface area contributed by atoms with E-state index in [1.165, 1.54) is 7.11 Å². The molecule has 0 unspecified atom stereocenters. The molecule has 4 atom stereocenters. The molecule has 1 aromatic carbocycles. The number of carbonyl (C=O) groups excluding carboxylic acids is 2. The minimum atomic E-state index is -0.826. The molecule has 0 aliphatic carbocycles. The summed E-state index contributed by atoms with van der Waals surface area (Å²) < 4.78 is 16.4. The molecule has 208 valence electrons. The normalized spacial score (nSPS) is 23.7. The summed E-state index contributed by atoms with van der Waals surface area (Å²) in [6, 6.07) is 7.44. The highest BCUT2D eigenvalue weighted by Crippen LogP contribution is 2.35. The predicted octanol–water partition coefficient (Wildman–Crippen LogP) is 2.66. The molecule has 2 aliphatic heterocycles. The summed E-state index contributed by atoms with van der Waals surface area (Å²) in [5.41, 5.74) is 6.97. The number of carbonyl (C=O) groups is 2. The van der Waals surface area contributed by atoms with Gasteiger partial charge in [0.05, 0.1) is 19.3 Å². The Morgan fingerprint density at radius 1 is 1.32 bits per heavy atom. The van der Waals surface area contributed by atoms with Crippen molar-refractivity contribution >= 4 is 23.7 Å². The van der Waals surface area contributed by atoms with Crippen LogP contribution in [0.1, 0.15) is 43.8 Å². The molecule has 3 amide bonds. The third-order valence-corrected chi connectivity index (χ3v) is 7.37. The first-order valence-corrected chi connectivity index (χ1v) is 13.5. The number of hydrogen-bond acceptors (Lipinski definition) is 7. The number of likely N-dealkylation sites (tertiary alicyclic amines) is 1. The Morgan fingerprint density at radius 2 is 2.16 bits per heavy atom. The van der Waals surface area contributed by atoms with Crippen LogP contribution >= 0.6 is 11.6 Å². The second-order valence-corrected chi connectivity index (χ2v) is 10.4. The van der Waals surface area contributed by atoms with Gasteiger partial charge in [-0.1, -0.05) is 23.7 Å². The van der Waals surface area contributed by atoms with Gasteiger partial charge < -0.3 is 40.8 Å². The molecule has 10 nitrogen and oxygen atoms in total. The monoisotopic (exact) mass is 539 g/mol. The summed E-state index contributed by atoms with van der Waals surface area (Å²) in [5, 5.41) is 9.61. The summed E-state index contributed by atoms with van der Waals surface area (Å²) >= 11 is 6.27. The average Bonchev–Trinajstić information content (AvgIpc) is 2.91. The molecule has 2 heterocycles. The van der Waals surface area contributed by atoms with Crippen LogP contribution in [0.2, 0.25) is 5.02 Å². The van der Waals surface area contributed by atoms with Crippen molar-refractivity contribution in [2.75, 3.05) is 60.2 Å². The molecule has 2 fully saturated rings. The van der Waals surface area contributed by atoms with Gasteiger partial charge in [0.15, 0.2) is 0 Å². The summed E-state index contributed by atoms with van der Waals surface area (Å²) in [6.45, 7) is 3.61. The van der Waals surface area contributed by atoms with E-state index in [-0.39, 0.29) is 25.2 Å². The van der Waals surface area contributed by atoms with Crippen molar-refractivity contribution in [3.05, 3.63) is 34.9 Å². The SMILES string of the molecule is CN[C@H](CNC(=O)N1CCC[C@@](N)([C@@H](OCCNC(=O)OC)c2cccc(Cl)c2)C1)C[C@H]1CCCOC1. The predicted molar refractivity (Wildman–Crippen MR) is 143 cm³/mol. The van der Waals surface area contributed by atoms with E-state index >= 15 is 0 Å². The zero-order chi connectivity index (χ0) is 26.7. The lowest BCUT2D eigenvalue weighted by molar-refractivity contribution is -0.0246. The third-order valence-electron chi connectivity index (χ3n) is 7.14. The number of nitrogens with two attached hydrogens (primary N) is 1. The highest BCUT2D eigenvalue weighted by Gasteiger charge is 2.42. The van der Waals surface area contributed by atoms with E-state index in [1.807, 2.05) is 25.2 Å². The molecule has 0 saturated carbocycles. The fourth-order valence-electron chi connectivity index (χ4n) is 5.19.